The summed E-state index contributed by atoms with van der Waals surface area (Å²) < 4.78 is 51.9. The van der Waals surface area contributed by atoms with Crippen molar-refractivity contribution in [3.05, 3.63) is 53.6 Å². The zero-order valence-corrected chi connectivity index (χ0v) is 18.8. The van der Waals surface area contributed by atoms with Crippen LogP contribution in [0, 0.1) is 23.5 Å². The van der Waals surface area contributed by atoms with Gasteiger partial charge in [-0.1, -0.05) is 37.6 Å². The van der Waals surface area contributed by atoms with Crippen LogP contribution < -0.4 is 4.74 Å². The van der Waals surface area contributed by atoms with Crippen molar-refractivity contribution >= 4 is 0 Å². The molecular weight excluding hydrogens is 414 g/mol. The van der Waals surface area contributed by atoms with Crippen molar-refractivity contribution in [1.29, 1.82) is 0 Å². The minimum Gasteiger partial charge on any atom is -0.491 e. The fourth-order valence-corrected chi connectivity index (χ4v) is 4.60. The van der Waals surface area contributed by atoms with E-state index in [0.29, 0.717) is 24.7 Å². The SMILES string of the molecule is CCCC1CCC(C2COC(c3ccc(-c4ccc(OCC)c(F)c4F)cc3)OC2)OC1. The van der Waals surface area contributed by atoms with Crippen molar-refractivity contribution in [3.63, 3.8) is 0 Å². The van der Waals surface area contributed by atoms with E-state index >= 15 is 0 Å². The molecule has 0 N–H and O–H groups in total. The molecule has 0 spiro atoms. The Morgan fingerprint density at radius 1 is 0.875 bits per heavy atom. The predicted molar refractivity (Wildman–Crippen MR) is 118 cm³/mol. The first-order valence-corrected chi connectivity index (χ1v) is 11.7. The molecule has 2 heterocycles. The Labute approximate surface area is 188 Å². The number of hydrogen-bond donors (Lipinski definition) is 0. The van der Waals surface area contributed by atoms with Gasteiger partial charge in [0.05, 0.1) is 25.9 Å². The summed E-state index contributed by atoms with van der Waals surface area (Å²) >= 11 is 0. The van der Waals surface area contributed by atoms with E-state index in [0.717, 1.165) is 18.6 Å². The highest BCUT2D eigenvalue weighted by atomic mass is 19.2. The van der Waals surface area contributed by atoms with Crippen LogP contribution in [0.1, 0.15) is 51.4 Å². The summed E-state index contributed by atoms with van der Waals surface area (Å²) in [5.41, 5.74) is 1.63. The molecule has 174 valence electrons. The molecule has 2 saturated heterocycles. The summed E-state index contributed by atoms with van der Waals surface area (Å²) in [7, 11) is 0. The second-order valence-electron chi connectivity index (χ2n) is 8.66. The topological polar surface area (TPSA) is 36.9 Å². The minimum atomic E-state index is -0.968. The summed E-state index contributed by atoms with van der Waals surface area (Å²) in [6.07, 6.45) is 4.45. The molecule has 0 aromatic heterocycles. The first-order valence-electron chi connectivity index (χ1n) is 11.7. The Morgan fingerprint density at radius 3 is 2.25 bits per heavy atom. The number of benzene rings is 2. The summed E-state index contributed by atoms with van der Waals surface area (Å²) in [5.74, 6) is -1.03. The van der Waals surface area contributed by atoms with Crippen molar-refractivity contribution < 1.29 is 27.7 Å². The number of rotatable bonds is 7. The standard InChI is InChI=1S/C26H32F2O4/c1-3-5-17-6-12-22(30-14-17)20-15-31-26(32-16-20)19-9-7-18(8-10-19)21-11-13-23(29-4-2)25(28)24(21)27/h7-11,13,17,20,22,26H,3-6,12,14-16H2,1-2H3. The predicted octanol–water partition coefficient (Wildman–Crippen LogP) is 6.29. The van der Waals surface area contributed by atoms with Gasteiger partial charge < -0.3 is 18.9 Å². The average molecular weight is 447 g/mol. The van der Waals surface area contributed by atoms with Crippen LogP contribution in [0.15, 0.2) is 36.4 Å². The Hall–Kier alpha value is -2.02. The van der Waals surface area contributed by atoms with Gasteiger partial charge in [0.15, 0.2) is 17.9 Å². The molecule has 0 aliphatic carbocycles. The van der Waals surface area contributed by atoms with Gasteiger partial charge in [-0.25, -0.2) is 4.39 Å². The molecule has 0 bridgehead atoms. The lowest BCUT2D eigenvalue weighted by molar-refractivity contribution is -0.227. The molecule has 2 fully saturated rings. The van der Waals surface area contributed by atoms with Crippen molar-refractivity contribution in [3.8, 4) is 16.9 Å². The molecule has 6 heteroatoms. The lowest BCUT2D eigenvalue weighted by Gasteiger charge is -2.37. The van der Waals surface area contributed by atoms with Crippen LogP contribution in [0.3, 0.4) is 0 Å². The molecule has 0 amide bonds. The van der Waals surface area contributed by atoms with Crippen molar-refractivity contribution in [2.24, 2.45) is 11.8 Å². The lowest BCUT2D eigenvalue weighted by Crippen LogP contribution is -2.40. The summed E-state index contributed by atoms with van der Waals surface area (Å²) in [5, 5.41) is 0. The fraction of sp³-hybridized carbons (Fsp3) is 0.538. The monoisotopic (exact) mass is 446 g/mol. The number of hydrogen-bond acceptors (Lipinski definition) is 4. The zero-order valence-electron chi connectivity index (χ0n) is 18.8. The van der Waals surface area contributed by atoms with E-state index in [9.17, 15) is 8.78 Å². The maximum absolute atomic E-state index is 14.5. The Kier molecular flexibility index (Phi) is 7.76. The molecule has 2 atom stereocenters. The third-order valence-electron chi connectivity index (χ3n) is 6.39. The van der Waals surface area contributed by atoms with Gasteiger partial charge in [-0.15, -0.1) is 0 Å². The van der Waals surface area contributed by atoms with Gasteiger partial charge in [0, 0.05) is 23.7 Å². The normalized spacial score (nSPS) is 26.1. The molecule has 0 radical (unpaired) electrons. The van der Waals surface area contributed by atoms with Crippen LogP contribution in [0.5, 0.6) is 5.75 Å². The van der Waals surface area contributed by atoms with E-state index in [4.69, 9.17) is 18.9 Å². The smallest absolute Gasteiger partial charge is 0.201 e. The van der Waals surface area contributed by atoms with Gasteiger partial charge in [-0.3, -0.25) is 0 Å². The van der Waals surface area contributed by atoms with E-state index in [-0.39, 0.29) is 29.9 Å². The summed E-state index contributed by atoms with van der Waals surface area (Å²) in [6, 6.07) is 10.2. The van der Waals surface area contributed by atoms with Gasteiger partial charge in [-0.05, 0) is 49.8 Å². The maximum atomic E-state index is 14.5. The molecule has 2 aliphatic rings. The lowest BCUT2D eigenvalue weighted by atomic mass is 9.89. The average Bonchev–Trinajstić information content (AvgIpc) is 2.83. The third kappa shape index (κ3) is 5.13. The van der Waals surface area contributed by atoms with Crippen LogP contribution in [0.2, 0.25) is 0 Å². The van der Waals surface area contributed by atoms with Crippen LogP contribution >= 0.6 is 0 Å². The maximum Gasteiger partial charge on any atom is 0.201 e. The van der Waals surface area contributed by atoms with E-state index in [1.54, 1.807) is 19.1 Å². The van der Waals surface area contributed by atoms with Gasteiger partial charge in [0.2, 0.25) is 5.82 Å². The van der Waals surface area contributed by atoms with Gasteiger partial charge in [0.25, 0.3) is 0 Å². The molecule has 2 aromatic carbocycles. The molecule has 32 heavy (non-hydrogen) atoms. The summed E-state index contributed by atoms with van der Waals surface area (Å²) in [4.78, 5) is 0. The largest absolute Gasteiger partial charge is 0.491 e. The second kappa shape index (κ2) is 10.7. The minimum absolute atomic E-state index is 0.0771. The van der Waals surface area contributed by atoms with E-state index in [1.807, 2.05) is 12.1 Å². The van der Waals surface area contributed by atoms with Gasteiger partial charge in [0.1, 0.15) is 0 Å². The zero-order chi connectivity index (χ0) is 22.5. The third-order valence-corrected chi connectivity index (χ3v) is 6.39. The van der Waals surface area contributed by atoms with Gasteiger partial charge in [-0.2, -0.15) is 4.39 Å². The van der Waals surface area contributed by atoms with Crippen molar-refractivity contribution in [1.82, 2.24) is 0 Å². The van der Waals surface area contributed by atoms with E-state index in [1.165, 1.54) is 31.4 Å². The highest BCUT2D eigenvalue weighted by Gasteiger charge is 2.33. The Bertz CT molecular complexity index is 870. The molecular formula is C26H32F2O4. The molecule has 2 unspecified atom stereocenters. The second-order valence-corrected chi connectivity index (χ2v) is 8.66. The molecule has 4 nitrogen and oxygen atoms in total. The van der Waals surface area contributed by atoms with Gasteiger partial charge >= 0.3 is 0 Å². The quantitative estimate of drug-likeness (QED) is 0.501. The molecule has 2 aromatic rings. The molecule has 2 aliphatic heterocycles. The number of ether oxygens (including phenoxy) is 4. The van der Waals surface area contributed by atoms with E-state index < -0.39 is 17.9 Å². The fourth-order valence-electron chi connectivity index (χ4n) is 4.60. The van der Waals surface area contributed by atoms with Crippen LogP contribution in [0.4, 0.5) is 8.78 Å². The van der Waals surface area contributed by atoms with E-state index in [2.05, 4.69) is 6.92 Å². The van der Waals surface area contributed by atoms with Crippen LogP contribution in [-0.2, 0) is 14.2 Å². The first-order chi connectivity index (χ1) is 15.6. The molecule has 4 rings (SSSR count). The summed E-state index contributed by atoms with van der Waals surface area (Å²) in [6.45, 7) is 6.24. The number of halogens is 2. The highest BCUT2D eigenvalue weighted by Crippen LogP contribution is 2.34. The Morgan fingerprint density at radius 2 is 1.62 bits per heavy atom. The highest BCUT2D eigenvalue weighted by molar-refractivity contribution is 5.65. The van der Waals surface area contributed by atoms with Crippen LogP contribution in [0.25, 0.3) is 11.1 Å². The molecule has 0 saturated carbocycles. The van der Waals surface area contributed by atoms with Crippen molar-refractivity contribution in [2.75, 3.05) is 26.4 Å². The van der Waals surface area contributed by atoms with Crippen LogP contribution in [-0.4, -0.2) is 32.5 Å². The first kappa shape index (κ1) is 23.1. The Balaban J connectivity index is 1.34. The van der Waals surface area contributed by atoms with Crippen molar-refractivity contribution in [2.45, 2.75) is 51.9 Å².